The smallest absolute Gasteiger partial charge is 0.253 e. The SMILES string of the molecule is CCN(CC)S(=O)(=O)c1ccc(C(C)NC(=O)c2ccccc2N)cc1. The van der Waals surface area contributed by atoms with E-state index in [1.54, 1.807) is 48.5 Å². The number of amides is 1. The Morgan fingerprint density at radius 1 is 1.08 bits per heavy atom. The fourth-order valence-corrected chi connectivity index (χ4v) is 4.16. The van der Waals surface area contributed by atoms with Crippen molar-refractivity contribution in [3.63, 3.8) is 0 Å². The Labute approximate surface area is 155 Å². The molecule has 0 spiro atoms. The first-order valence-electron chi connectivity index (χ1n) is 8.56. The minimum Gasteiger partial charge on any atom is -0.398 e. The van der Waals surface area contributed by atoms with Crippen molar-refractivity contribution in [1.82, 2.24) is 9.62 Å². The molecular formula is C19H25N3O3S. The van der Waals surface area contributed by atoms with Gasteiger partial charge in [-0.3, -0.25) is 4.79 Å². The number of anilines is 1. The van der Waals surface area contributed by atoms with Crippen LogP contribution in [0.3, 0.4) is 0 Å². The van der Waals surface area contributed by atoms with E-state index >= 15 is 0 Å². The lowest BCUT2D eigenvalue weighted by Gasteiger charge is -2.19. The van der Waals surface area contributed by atoms with Crippen LogP contribution in [0.25, 0.3) is 0 Å². The van der Waals surface area contributed by atoms with Crippen LogP contribution in [0.1, 0.15) is 42.7 Å². The Morgan fingerprint density at radius 2 is 1.65 bits per heavy atom. The second-order valence-electron chi connectivity index (χ2n) is 5.94. The van der Waals surface area contributed by atoms with Crippen LogP contribution >= 0.6 is 0 Å². The van der Waals surface area contributed by atoms with E-state index in [0.29, 0.717) is 24.3 Å². The average Bonchev–Trinajstić information content (AvgIpc) is 2.62. The molecule has 0 bridgehead atoms. The Balaban J connectivity index is 2.15. The van der Waals surface area contributed by atoms with Gasteiger partial charge in [0.1, 0.15) is 0 Å². The van der Waals surface area contributed by atoms with Gasteiger partial charge < -0.3 is 11.1 Å². The highest BCUT2D eigenvalue weighted by Crippen LogP contribution is 2.20. The number of carbonyl (C=O) groups is 1. The molecule has 2 aromatic rings. The number of hydrogen-bond acceptors (Lipinski definition) is 4. The van der Waals surface area contributed by atoms with Crippen molar-refractivity contribution < 1.29 is 13.2 Å². The largest absolute Gasteiger partial charge is 0.398 e. The lowest BCUT2D eigenvalue weighted by atomic mass is 10.1. The molecule has 7 heteroatoms. The topological polar surface area (TPSA) is 92.5 Å². The molecule has 6 nitrogen and oxygen atoms in total. The number of nitrogen functional groups attached to an aromatic ring is 1. The molecule has 0 heterocycles. The molecule has 0 radical (unpaired) electrons. The lowest BCUT2D eigenvalue weighted by molar-refractivity contribution is 0.0940. The van der Waals surface area contributed by atoms with Crippen molar-refractivity contribution in [2.45, 2.75) is 31.7 Å². The lowest BCUT2D eigenvalue weighted by Crippen LogP contribution is -2.30. The summed E-state index contributed by atoms with van der Waals surface area (Å²) < 4.78 is 26.4. The van der Waals surface area contributed by atoms with Gasteiger partial charge in [0.2, 0.25) is 10.0 Å². The van der Waals surface area contributed by atoms with E-state index in [4.69, 9.17) is 5.73 Å². The minimum atomic E-state index is -3.49. The Morgan fingerprint density at radius 3 is 2.19 bits per heavy atom. The Bertz CT molecular complexity index is 860. The van der Waals surface area contributed by atoms with Gasteiger partial charge in [-0.1, -0.05) is 38.1 Å². The van der Waals surface area contributed by atoms with Crippen molar-refractivity contribution in [2.75, 3.05) is 18.8 Å². The Kier molecular flexibility index (Phi) is 6.39. The number of sulfonamides is 1. The number of nitrogens with two attached hydrogens (primary N) is 1. The van der Waals surface area contributed by atoms with Crippen LogP contribution in [0.4, 0.5) is 5.69 Å². The van der Waals surface area contributed by atoms with Crippen molar-refractivity contribution in [3.8, 4) is 0 Å². The van der Waals surface area contributed by atoms with Crippen LogP contribution < -0.4 is 11.1 Å². The fraction of sp³-hybridized carbons (Fsp3) is 0.316. The van der Waals surface area contributed by atoms with Crippen LogP contribution in [-0.4, -0.2) is 31.7 Å². The zero-order chi connectivity index (χ0) is 19.3. The molecule has 2 aromatic carbocycles. The second kappa shape index (κ2) is 8.33. The second-order valence-corrected chi connectivity index (χ2v) is 7.88. The summed E-state index contributed by atoms with van der Waals surface area (Å²) in [7, 11) is -3.49. The Hall–Kier alpha value is -2.38. The third-order valence-corrected chi connectivity index (χ3v) is 6.34. The van der Waals surface area contributed by atoms with Crippen molar-refractivity contribution in [1.29, 1.82) is 0 Å². The number of carbonyl (C=O) groups excluding carboxylic acids is 1. The first-order chi connectivity index (χ1) is 12.3. The summed E-state index contributed by atoms with van der Waals surface area (Å²) in [5, 5.41) is 2.88. The predicted molar refractivity (Wildman–Crippen MR) is 103 cm³/mol. The van der Waals surface area contributed by atoms with Gasteiger partial charge in [-0.05, 0) is 36.8 Å². The molecule has 0 fully saturated rings. The molecule has 0 aliphatic heterocycles. The average molecular weight is 375 g/mol. The number of hydrogen-bond donors (Lipinski definition) is 2. The molecule has 26 heavy (non-hydrogen) atoms. The first kappa shape index (κ1) is 19.9. The number of rotatable bonds is 7. The summed E-state index contributed by atoms with van der Waals surface area (Å²) in [4.78, 5) is 12.6. The molecule has 2 rings (SSSR count). The molecule has 1 unspecified atom stereocenters. The molecule has 0 aliphatic carbocycles. The van der Waals surface area contributed by atoms with Crippen LogP contribution in [0.5, 0.6) is 0 Å². The summed E-state index contributed by atoms with van der Waals surface area (Å²) >= 11 is 0. The molecule has 1 amide bonds. The summed E-state index contributed by atoms with van der Waals surface area (Å²) in [6.07, 6.45) is 0. The molecule has 0 aliphatic rings. The van der Waals surface area contributed by atoms with Gasteiger partial charge in [0.15, 0.2) is 0 Å². The number of nitrogens with one attached hydrogen (secondary N) is 1. The molecule has 3 N–H and O–H groups in total. The van der Waals surface area contributed by atoms with Crippen molar-refractivity contribution in [3.05, 3.63) is 59.7 Å². The van der Waals surface area contributed by atoms with Gasteiger partial charge in [0, 0.05) is 18.8 Å². The van der Waals surface area contributed by atoms with Gasteiger partial charge in [-0.15, -0.1) is 0 Å². The van der Waals surface area contributed by atoms with Gasteiger partial charge in [0.05, 0.1) is 16.5 Å². The van der Waals surface area contributed by atoms with E-state index in [-0.39, 0.29) is 16.8 Å². The van der Waals surface area contributed by atoms with E-state index in [1.165, 1.54) is 4.31 Å². The third-order valence-electron chi connectivity index (χ3n) is 4.28. The molecule has 0 saturated carbocycles. The van der Waals surface area contributed by atoms with E-state index in [1.807, 2.05) is 20.8 Å². The minimum absolute atomic E-state index is 0.246. The number of benzene rings is 2. The van der Waals surface area contributed by atoms with E-state index in [2.05, 4.69) is 5.32 Å². The third kappa shape index (κ3) is 4.23. The summed E-state index contributed by atoms with van der Waals surface area (Å²) in [6, 6.07) is 13.2. The van der Waals surface area contributed by atoms with E-state index in [9.17, 15) is 13.2 Å². The monoisotopic (exact) mass is 375 g/mol. The predicted octanol–water partition coefficient (Wildman–Crippen LogP) is 2.79. The molecule has 1 atom stereocenters. The van der Waals surface area contributed by atoms with Crippen LogP contribution in [-0.2, 0) is 10.0 Å². The molecule has 0 aromatic heterocycles. The maximum Gasteiger partial charge on any atom is 0.253 e. The highest BCUT2D eigenvalue weighted by atomic mass is 32.2. The number of nitrogens with zero attached hydrogens (tertiary/aromatic N) is 1. The van der Waals surface area contributed by atoms with Gasteiger partial charge in [-0.25, -0.2) is 8.42 Å². The van der Waals surface area contributed by atoms with Crippen LogP contribution in [0.2, 0.25) is 0 Å². The van der Waals surface area contributed by atoms with Crippen LogP contribution in [0, 0.1) is 0 Å². The molecule has 0 saturated heterocycles. The normalized spacial score (nSPS) is 12.8. The maximum absolute atomic E-state index is 12.5. The highest BCUT2D eigenvalue weighted by molar-refractivity contribution is 7.89. The number of para-hydroxylation sites is 1. The van der Waals surface area contributed by atoms with E-state index in [0.717, 1.165) is 5.56 Å². The fourth-order valence-electron chi connectivity index (χ4n) is 2.70. The van der Waals surface area contributed by atoms with Gasteiger partial charge in [0.25, 0.3) is 5.91 Å². The zero-order valence-corrected chi connectivity index (χ0v) is 16.1. The maximum atomic E-state index is 12.5. The van der Waals surface area contributed by atoms with Crippen molar-refractivity contribution in [2.24, 2.45) is 0 Å². The van der Waals surface area contributed by atoms with Crippen LogP contribution in [0.15, 0.2) is 53.4 Å². The summed E-state index contributed by atoms with van der Waals surface area (Å²) in [5.41, 5.74) is 7.47. The van der Waals surface area contributed by atoms with Gasteiger partial charge in [-0.2, -0.15) is 4.31 Å². The van der Waals surface area contributed by atoms with Crippen molar-refractivity contribution >= 4 is 21.6 Å². The summed E-state index contributed by atoms with van der Waals surface area (Å²) in [6.45, 7) is 6.30. The molecular weight excluding hydrogens is 350 g/mol. The quantitative estimate of drug-likeness (QED) is 0.728. The zero-order valence-electron chi connectivity index (χ0n) is 15.3. The molecule has 140 valence electrons. The first-order valence-corrected chi connectivity index (χ1v) is 10.0. The standard InChI is InChI=1S/C19H25N3O3S/c1-4-22(5-2)26(24,25)16-12-10-15(11-13-16)14(3)21-19(23)17-8-6-7-9-18(17)20/h6-14H,4-5,20H2,1-3H3,(H,21,23). The van der Waals surface area contributed by atoms with E-state index < -0.39 is 10.0 Å². The van der Waals surface area contributed by atoms with Gasteiger partial charge >= 0.3 is 0 Å². The highest BCUT2D eigenvalue weighted by Gasteiger charge is 2.22. The summed E-state index contributed by atoms with van der Waals surface area (Å²) in [5.74, 6) is -0.268.